The van der Waals surface area contributed by atoms with Gasteiger partial charge in [0.25, 0.3) is 0 Å². The molecule has 0 spiro atoms. The van der Waals surface area contributed by atoms with Crippen molar-refractivity contribution >= 4 is 98.1 Å². The first-order valence-corrected chi connectivity index (χ1v) is 22.3. The number of thioether (sulfide) groups is 1. The molecule has 0 aliphatic rings. The Kier molecular flexibility index (Phi) is 9.06. The van der Waals surface area contributed by atoms with Gasteiger partial charge in [-0.25, -0.2) is 19.9 Å². The summed E-state index contributed by atoms with van der Waals surface area (Å²) in [6.45, 7) is 0. The highest BCUT2D eigenvalue weighted by atomic mass is 32.2. The van der Waals surface area contributed by atoms with Crippen LogP contribution in [0.5, 0.6) is 0 Å². The van der Waals surface area contributed by atoms with E-state index in [0.717, 1.165) is 72.3 Å². The van der Waals surface area contributed by atoms with Gasteiger partial charge in [0.05, 0.1) is 33.8 Å². The number of rotatable bonds is 6. The molecule has 0 saturated carbocycles. The molecular formula is C54H32N8S2. The molecule has 0 saturated heterocycles. The summed E-state index contributed by atoms with van der Waals surface area (Å²) in [6.07, 6.45) is 0. The Morgan fingerprint density at radius 2 is 0.812 bits per heavy atom. The first-order chi connectivity index (χ1) is 31.5. The van der Waals surface area contributed by atoms with Gasteiger partial charge in [0.1, 0.15) is 21.5 Å². The van der Waals surface area contributed by atoms with E-state index in [1.165, 1.54) is 32.9 Å². The van der Waals surface area contributed by atoms with Crippen molar-refractivity contribution < 1.29 is 0 Å². The molecular weight excluding hydrogens is 825 g/mol. The number of fused-ring (bicyclic) bond motifs is 9. The molecule has 5 aromatic heterocycles. The highest BCUT2D eigenvalue weighted by molar-refractivity contribution is 8.27. The van der Waals surface area contributed by atoms with Crippen molar-refractivity contribution in [3.05, 3.63) is 193 Å². The van der Waals surface area contributed by atoms with Gasteiger partial charge in [-0.15, -0.1) is 10.2 Å². The summed E-state index contributed by atoms with van der Waals surface area (Å²) in [5.41, 5.74) is 7.41. The monoisotopic (exact) mass is 856 g/mol. The van der Waals surface area contributed by atoms with Crippen LogP contribution in [0.2, 0.25) is 0 Å². The normalized spacial score (nSPS) is 11.6. The molecule has 300 valence electrons. The number of benzene rings is 7. The van der Waals surface area contributed by atoms with Crippen molar-refractivity contribution in [1.82, 2.24) is 30.1 Å². The van der Waals surface area contributed by atoms with Crippen molar-refractivity contribution in [3.63, 3.8) is 0 Å². The fourth-order valence-electron chi connectivity index (χ4n) is 8.60. The predicted octanol–water partition coefficient (Wildman–Crippen LogP) is 13.8. The van der Waals surface area contributed by atoms with E-state index in [0.29, 0.717) is 38.1 Å². The van der Waals surface area contributed by atoms with Gasteiger partial charge in [-0.1, -0.05) is 145 Å². The van der Waals surface area contributed by atoms with E-state index in [2.05, 4.69) is 107 Å². The van der Waals surface area contributed by atoms with Crippen LogP contribution in [-0.2, 0) is 0 Å². The molecule has 12 aromatic rings. The van der Waals surface area contributed by atoms with Gasteiger partial charge in [-0.3, -0.25) is 10.8 Å². The van der Waals surface area contributed by atoms with Gasteiger partial charge < -0.3 is 0 Å². The van der Waals surface area contributed by atoms with Crippen LogP contribution in [-0.4, -0.2) is 40.2 Å². The second-order valence-corrected chi connectivity index (χ2v) is 17.5. The molecule has 64 heavy (non-hydrogen) atoms. The maximum Gasteiger partial charge on any atom is 0.166 e. The number of hydrogen-bond donors (Lipinski definition) is 2. The average molecular weight is 857 g/mol. The molecule has 10 heteroatoms. The Bertz CT molecular complexity index is 3900. The Labute approximate surface area is 374 Å². The lowest BCUT2D eigenvalue weighted by atomic mass is 9.95. The van der Waals surface area contributed by atoms with Crippen molar-refractivity contribution in [3.8, 4) is 43.9 Å². The molecule has 7 aromatic carbocycles. The fourth-order valence-corrected chi connectivity index (χ4v) is 10.0. The minimum absolute atomic E-state index is 0.142. The van der Waals surface area contributed by atoms with Crippen LogP contribution in [0.15, 0.2) is 182 Å². The number of hydrogen-bond acceptors (Lipinski definition) is 10. The topological polar surface area (TPSA) is 125 Å². The lowest BCUT2D eigenvalue weighted by Gasteiger charge is -2.12. The molecule has 0 aliphatic carbocycles. The second-order valence-electron chi connectivity index (χ2n) is 15.5. The third-order valence-corrected chi connectivity index (χ3v) is 13.4. The standard InChI is InChI=1S/C54H32N8S2/c55-51(45-21-9-19-43(57-45)41-29-33-11-1-3-13-35(33)37-15-5-7-17-39(37)41)63-52(56)46-27-25-31-23-24-32-26-28-48(60-50(32)49(31)59-46)54-62-61-53(64-54)47-22-10-20-44(58-47)42-30-34-12-2-4-14-36(34)38-16-6-8-18-40(38)42/h1-30,55-56H. The largest absolute Gasteiger partial charge is 0.292 e. The van der Waals surface area contributed by atoms with Gasteiger partial charge in [0.15, 0.2) is 10.0 Å². The van der Waals surface area contributed by atoms with Crippen LogP contribution in [0, 0.1) is 10.8 Å². The van der Waals surface area contributed by atoms with Crippen LogP contribution in [0.3, 0.4) is 0 Å². The molecule has 0 fully saturated rings. The number of nitrogens with one attached hydrogen (secondary N) is 2. The zero-order valence-corrected chi connectivity index (χ0v) is 35.5. The van der Waals surface area contributed by atoms with Crippen molar-refractivity contribution in [1.29, 1.82) is 10.8 Å². The molecule has 0 bridgehead atoms. The maximum atomic E-state index is 9.10. The van der Waals surface area contributed by atoms with Crippen LogP contribution < -0.4 is 0 Å². The van der Waals surface area contributed by atoms with E-state index in [9.17, 15) is 0 Å². The van der Waals surface area contributed by atoms with Gasteiger partial charge in [-0.05, 0) is 103 Å². The summed E-state index contributed by atoms with van der Waals surface area (Å²) in [4.78, 5) is 20.1. The molecule has 5 heterocycles. The van der Waals surface area contributed by atoms with Crippen LogP contribution in [0.1, 0.15) is 11.4 Å². The summed E-state index contributed by atoms with van der Waals surface area (Å²) < 4.78 is 0. The minimum Gasteiger partial charge on any atom is -0.292 e. The first kappa shape index (κ1) is 37.7. The van der Waals surface area contributed by atoms with E-state index in [-0.39, 0.29) is 10.1 Å². The fraction of sp³-hybridized carbons (Fsp3) is 0. The molecule has 0 amide bonds. The minimum atomic E-state index is 0.142. The number of aromatic nitrogens is 6. The van der Waals surface area contributed by atoms with E-state index in [4.69, 9.17) is 30.8 Å². The lowest BCUT2D eigenvalue weighted by molar-refractivity contribution is 1.08. The van der Waals surface area contributed by atoms with Crippen LogP contribution in [0.25, 0.3) is 109 Å². The van der Waals surface area contributed by atoms with E-state index in [1.807, 2.05) is 84.9 Å². The van der Waals surface area contributed by atoms with Gasteiger partial charge in [-0.2, -0.15) is 0 Å². The van der Waals surface area contributed by atoms with Crippen LogP contribution >= 0.6 is 23.1 Å². The summed E-state index contributed by atoms with van der Waals surface area (Å²) >= 11 is 2.47. The Balaban J connectivity index is 0.835. The molecule has 2 N–H and O–H groups in total. The van der Waals surface area contributed by atoms with E-state index in [1.54, 1.807) is 0 Å². The Hall–Kier alpha value is -8.05. The smallest absolute Gasteiger partial charge is 0.166 e. The van der Waals surface area contributed by atoms with E-state index < -0.39 is 0 Å². The Morgan fingerprint density at radius 3 is 1.44 bits per heavy atom. The average Bonchev–Trinajstić information content (AvgIpc) is 3.86. The maximum absolute atomic E-state index is 9.10. The zero-order valence-electron chi connectivity index (χ0n) is 33.8. The molecule has 0 aliphatic heterocycles. The van der Waals surface area contributed by atoms with Gasteiger partial charge in [0, 0.05) is 21.9 Å². The van der Waals surface area contributed by atoms with E-state index >= 15 is 0 Å². The molecule has 0 atom stereocenters. The molecule has 8 nitrogen and oxygen atoms in total. The Morgan fingerprint density at radius 1 is 0.359 bits per heavy atom. The quantitative estimate of drug-likeness (QED) is 0.0969. The molecule has 0 unspecified atom stereocenters. The third kappa shape index (κ3) is 6.55. The summed E-state index contributed by atoms with van der Waals surface area (Å²) in [5, 5.41) is 40.1. The van der Waals surface area contributed by atoms with Gasteiger partial charge in [0.2, 0.25) is 0 Å². The molecule has 12 rings (SSSR count). The number of nitrogens with zero attached hydrogens (tertiary/aromatic N) is 6. The predicted molar refractivity (Wildman–Crippen MR) is 266 cm³/mol. The number of pyridine rings is 4. The SMILES string of the molecule is N=C(SC(=N)c1ccc2ccc3ccc(-c4nnc(-c5cccc(-c6cc7ccccc7c7ccccc67)n5)s4)nc3c2n1)c1cccc(-c2cc3ccccc3c3ccccc23)n1. The van der Waals surface area contributed by atoms with Crippen molar-refractivity contribution in [2.75, 3.05) is 0 Å². The lowest BCUT2D eigenvalue weighted by Crippen LogP contribution is -2.05. The van der Waals surface area contributed by atoms with Crippen molar-refractivity contribution in [2.24, 2.45) is 0 Å². The second kappa shape index (κ2) is 15.4. The third-order valence-electron chi connectivity index (χ3n) is 11.6. The summed E-state index contributed by atoms with van der Waals surface area (Å²) in [7, 11) is 0. The summed E-state index contributed by atoms with van der Waals surface area (Å²) in [5.74, 6) is 0. The first-order valence-electron chi connectivity index (χ1n) is 20.7. The van der Waals surface area contributed by atoms with Crippen LogP contribution in [0.4, 0.5) is 0 Å². The highest BCUT2D eigenvalue weighted by Gasteiger charge is 2.18. The summed E-state index contributed by atoms with van der Waals surface area (Å²) in [6, 6.07) is 61.6. The molecule has 0 radical (unpaired) electrons. The van der Waals surface area contributed by atoms with Gasteiger partial charge >= 0.3 is 0 Å². The highest BCUT2D eigenvalue weighted by Crippen LogP contribution is 2.38. The zero-order chi connectivity index (χ0) is 42.7. The van der Waals surface area contributed by atoms with Crippen molar-refractivity contribution in [2.45, 2.75) is 0 Å².